The number of anilines is 1. The van der Waals surface area contributed by atoms with E-state index in [1.165, 1.54) is 4.90 Å². The first-order valence-electron chi connectivity index (χ1n) is 11.1. The molecule has 1 amide bonds. The summed E-state index contributed by atoms with van der Waals surface area (Å²) in [6, 6.07) is 21.6. The second-order valence-corrected chi connectivity index (χ2v) is 8.63. The highest BCUT2D eigenvalue weighted by molar-refractivity contribution is 6.46. The molecule has 1 aliphatic heterocycles. The number of ether oxygens (including phenoxy) is 1. The lowest BCUT2D eigenvalue weighted by Crippen LogP contribution is -2.29. The fraction of sp³-hybridized carbons (Fsp3) is 0.214. The zero-order valence-corrected chi connectivity index (χ0v) is 19.8. The van der Waals surface area contributed by atoms with E-state index in [9.17, 15) is 14.7 Å². The Hall–Kier alpha value is -4.06. The molecule has 0 radical (unpaired) electrons. The van der Waals surface area contributed by atoms with Crippen molar-refractivity contribution in [3.05, 3.63) is 101 Å². The number of carbonyl (C=O) groups is 2. The van der Waals surface area contributed by atoms with Crippen LogP contribution < -0.4 is 9.64 Å². The zero-order valence-electron chi connectivity index (χ0n) is 19.8. The van der Waals surface area contributed by atoms with Gasteiger partial charge in [-0.15, -0.1) is 0 Å². The van der Waals surface area contributed by atoms with Gasteiger partial charge in [-0.1, -0.05) is 54.1 Å². The van der Waals surface area contributed by atoms with Crippen molar-refractivity contribution >= 4 is 23.1 Å². The summed E-state index contributed by atoms with van der Waals surface area (Å²) in [7, 11) is 5.49. The van der Waals surface area contributed by atoms with Crippen molar-refractivity contribution in [3.63, 3.8) is 0 Å². The summed E-state index contributed by atoms with van der Waals surface area (Å²) in [4.78, 5) is 29.9. The molecular weight excluding hydrogens is 428 g/mol. The second kappa shape index (κ2) is 9.43. The molecule has 0 spiro atoms. The van der Waals surface area contributed by atoms with Crippen LogP contribution in [0.2, 0.25) is 0 Å². The molecule has 174 valence electrons. The van der Waals surface area contributed by atoms with Crippen LogP contribution in [0.15, 0.2) is 78.4 Å². The monoisotopic (exact) mass is 456 g/mol. The smallest absolute Gasteiger partial charge is 0.295 e. The predicted octanol–water partition coefficient (Wildman–Crippen LogP) is 4.69. The number of hydrogen-bond acceptors (Lipinski definition) is 5. The Morgan fingerprint density at radius 3 is 2.12 bits per heavy atom. The van der Waals surface area contributed by atoms with E-state index in [4.69, 9.17) is 4.74 Å². The number of methoxy groups -OCH3 is 1. The van der Waals surface area contributed by atoms with Gasteiger partial charge >= 0.3 is 0 Å². The number of likely N-dealkylation sites (tertiary alicyclic amines) is 1. The van der Waals surface area contributed by atoms with Crippen molar-refractivity contribution in [2.24, 2.45) is 0 Å². The first kappa shape index (κ1) is 23.1. The van der Waals surface area contributed by atoms with Crippen LogP contribution in [0, 0.1) is 6.92 Å². The minimum Gasteiger partial charge on any atom is -0.507 e. The molecule has 6 nitrogen and oxygen atoms in total. The van der Waals surface area contributed by atoms with Crippen molar-refractivity contribution < 1.29 is 19.4 Å². The Labute approximate surface area is 199 Å². The molecule has 0 aromatic heterocycles. The molecule has 0 bridgehead atoms. The Morgan fingerprint density at radius 2 is 1.56 bits per heavy atom. The van der Waals surface area contributed by atoms with Crippen molar-refractivity contribution in [1.29, 1.82) is 0 Å². The van der Waals surface area contributed by atoms with Crippen LogP contribution in [0.5, 0.6) is 5.75 Å². The standard InChI is InChI=1S/C28H28N2O4/c1-18-5-9-21(10-6-18)26(31)24-25(20-11-13-22(14-12-20)29(2)3)30(28(33)27(24)32)17-19-7-15-23(34-4)16-8-19/h5-16,25,31H,17H2,1-4H3/b26-24-. The minimum absolute atomic E-state index is 0.0972. The molecular formula is C28H28N2O4. The number of nitrogens with zero attached hydrogens (tertiary/aromatic N) is 2. The Bertz CT molecular complexity index is 1230. The zero-order chi connectivity index (χ0) is 24.4. The summed E-state index contributed by atoms with van der Waals surface area (Å²) in [5.41, 5.74) is 4.24. The van der Waals surface area contributed by atoms with Gasteiger partial charge in [0.15, 0.2) is 0 Å². The number of hydrogen-bond donors (Lipinski definition) is 1. The summed E-state index contributed by atoms with van der Waals surface area (Å²) in [5.74, 6) is -0.780. The lowest BCUT2D eigenvalue weighted by Gasteiger charge is -2.26. The first-order valence-corrected chi connectivity index (χ1v) is 11.1. The van der Waals surface area contributed by atoms with Gasteiger partial charge < -0.3 is 19.6 Å². The molecule has 1 N–H and O–H groups in total. The Balaban J connectivity index is 1.82. The van der Waals surface area contributed by atoms with Gasteiger partial charge in [-0.25, -0.2) is 0 Å². The van der Waals surface area contributed by atoms with E-state index in [1.807, 2.05) is 86.6 Å². The molecule has 1 unspecified atom stereocenters. The fourth-order valence-corrected chi connectivity index (χ4v) is 4.14. The van der Waals surface area contributed by atoms with Crippen molar-refractivity contribution in [1.82, 2.24) is 4.90 Å². The normalized spacial score (nSPS) is 17.2. The summed E-state index contributed by atoms with van der Waals surface area (Å²) < 4.78 is 5.22. The number of aryl methyl sites for hydroxylation is 1. The van der Waals surface area contributed by atoms with Crippen LogP contribution in [0.3, 0.4) is 0 Å². The fourth-order valence-electron chi connectivity index (χ4n) is 4.14. The number of rotatable bonds is 6. The number of Topliss-reactive ketones (excluding diaryl/α,β-unsaturated/α-hetero) is 1. The third-order valence-corrected chi connectivity index (χ3v) is 6.10. The molecule has 34 heavy (non-hydrogen) atoms. The average Bonchev–Trinajstić information content (AvgIpc) is 3.09. The lowest BCUT2D eigenvalue weighted by molar-refractivity contribution is -0.140. The quantitative estimate of drug-likeness (QED) is 0.331. The number of aliphatic hydroxyl groups excluding tert-OH is 1. The van der Waals surface area contributed by atoms with Crippen LogP contribution in [0.4, 0.5) is 5.69 Å². The maximum absolute atomic E-state index is 13.2. The largest absolute Gasteiger partial charge is 0.507 e. The van der Waals surface area contributed by atoms with E-state index < -0.39 is 17.7 Å². The number of aliphatic hydroxyl groups is 1. The van der Waals surface area contributed by atoms with Gasteiger partial charge in [-0.2, -0.15) is 0 Å². The van der Waals surface area contributed by atoms with Crippen LogP contribution in [0.25, 0.3) is 5.76 Å². The number of benzene rings is 3. The highest BCUT2D eigenvalue weighted by atomic mass is 16.5. The van der Waals surface area contributed by atoms with Gasteiger partial charge in [0.1, 0.15) is 11.5 Å². The van der Waals surface area contributed by atoms with E-state index in [2.05, 4.69) is 0 Å². The molecule has 1 aliphatic rings. The molecule has 6 heteroatoms. The van der Waals surface area contributed by atoms with Gasteiger partial charge in [0.05, 0.1) is 18.7 Å². The van der Waals surface area contributed by atoms with E-state index in [0.29, 0.717) is 11.3 Å². The molecule has 0 saturated carbocycles. The van der Waals surface area contributed by atoms with Crippen LogP contribution in [0.1, 0.15) is 28.3 Å². The molecule has 4 rings (SSSR count). The number of amides is 1. The maximum Gasteiger partial charge on any atom is 0.295 e. The van der Waals surface area contributed by atoms with Crippen molar-refractivity contribution in [3.8, 4) is 5.75 Å². The van der Waals surface area contributed by atoms with Crippen molar-refractivity contribution in [2.75, 3.05) is 26.1 Å². The summed E-state index contributed by atoms with van der Waals surface area (Å²) in [6.45, 7) is 2.17. The lowest BCUT2D eigenvalue weighted by atomic mass is 9.94. The van der Waals surface area contributed by atoms with E-state index in [1.54, 1.807) is 19.2 Å². The van der Waals surface area contributed by atoms with Gasteiger partial charge in [0, 0.05) is 31.9 Å². The highest BCUT2D eigenvalue weighted by Crippen LogP contribution is 2.40. The summed E-state index contributed by atoms with van der Waals surface area (Å²) in [6.07, 6.45) is 0. The molecule has 3 aromatic carbocycles. The van der Waals surface area contributed by atoms with Crippen LogP contribution in [-0.2, 0) is 16.1 Å². The summed E-state index contributed by atoms with van der Waals surface area (Å²) >= 11 is 0. The molecule has 0 aliphatic carbocycles. The van der Waals surface area contributed by atoms with Crippen LogP contribution >= 0.6 is 0 Å². The maximum atomic E-state index is 13.2. The molecule has 1 saturated heterocycles. The summed E-state index contributed by atoms with van der Waals surface area (Å²) in [5, 5.41) is 11.2. The average molecular weight is 457 g/mol. The first-order chi connectivity index (χ1) is 16.3. The van der Waals surface area contributed by atoms with Gasteiger partial charge in [0.2, 0.25) is 0 Å². The third kappa shape index (κ3) is 4.39. The SMILES string of the molecule is COc1ccc(CN2C(=O)C(=O)/C(=C(\O)c3ccc(C)cc3)C2c2ccc(N(C)C)cc2)cc1. The molecule has 1 fully saturated rings. The Morgan fingerprint density at radius 1 is 0.941 bits per heavy atom. The van der Waals surface area contributed by atoms with E-state index in [0.717, 1.165) is 22.4 Å². The van der Waals surface area contributed by atoms with Gasteiger partial charge in [-0.05, 0) is 42.3 Å². The van der Waals surface area contributed by atoms with E-state index >= 15 is 0 Å². The number of ketones is 1. The van der Waals surface area contributed by atoms with Crippen molar-refractivity contribution in [2.45, 2.75) is 19.5 Å². The van der Waals surface area contributed by atoms with Crippen LogP contribution in [-0.4, -0.2) is 42.9 Å². The molecule has 1 heterocycles. The van der Waals surface area contributed by atoms with Gasteiger partial charge in [-0.3, -0.25) is 9.59 Å². The minimum atomic E-state index is -0.709. The molecule has 1 atom stereocenters. The third-order valence-electron chi connectivity index (χ3n) is 6.10. The highest BCUT2D eigenvalue weighted by Gasteiger charge is 2.46. The predicted molar refractivity (Wildman–Crippen MR) is 133 cm³/mol. The van der Waals surface area contributed by atoms with Gasteiger partial charge in [0.25, 0.3) is 11.7 Å². The Kier molecular flexibility index (Phi) is 6.41. The topological polar surface area (TPSA) is 70.1 Å². The second-order valence-electron chi connectivity index (χ2n) is 8.63. The van der Waals surface area contributed by atoms with E-state index in [-0.39, 0.29) is 17.9 Å². The number of carbonyl (C=O) groups excluding carboxylic acids is 2. The molecule has 3 aromatic rings.